The second-order valence-corrected chi connectivity index (χ2v) is 6.29. The topological polar surface area (TPSA) is 64.3 Å². The number of ether oxygens (including phenoxy) is 1. The van der Waals surface area contributed by atoms with Crippen LogP contribution < -0.4 is 15.8 Å². The van der Waals surface area contributed by atoms with Crippen molar-refractivity contribution in [2.45, 2.75) is 37.8 Å². The first kappa shape index (κ1) is 16.5. The summed E-state index contributed by atoms with van der Waals surface area (Å²) in [6, 6.07) is 18.3. The molecule has 4 heteroatoms. The zero-order valence-electron chi connectivity index (χ0n) is 13.8. The normalized spacial score (nSPS) is 18.9. The first-order valence-corrected chi connectivity index (χ1v) is 8.51. The van der Waals surface area contributed by atoms with Gasteiger partial charge < -0.3 is 15.8 Å². The molecular weight excluding hydrogens is 300 g/mol. The van der Waals surface area contributed by atoms with E-state index in [2.05, 4.69) is 17.4 Å². The van der Waals surface area contributed by atoms with Gasteiger partial charge in [0.25, 0.3) is 0 Å². The number of hydrogen-bond acceptors (Lipinski definition) is 3. The van der Waals surface area contributed by atoms with Crippen molar-refractivity contribution in [3.63, 3.8) is 0 Å². The molecule has 126 valence electrons. The largest absolute Gasteiger partial charge is 0.494 e. The highest BCUT2D eigenvalue weighted by Crippen LogP contribution is 2.39. The van der Waals surface area contributed by atoms with E-state index in [1.165, 1.54) is 5.56 Å². The molecule has 0 aliphatic heterocycles. The van der Waals surface area contributed by atoms with E-state index in [9.17, 15) is 4.79 Å². The van der Waals surface area contributed by atoms with Gasteiger partial charge in [-0.25, -0.2) is 0 Å². The molecule has 2 atom stereocenters. The number of benzene rings is 2. The van der Waals surface area contributed by atoms with Gasteiger partial charge in [0.15, 0.2) is 0 Å². The lowest BCUT2D eigenvalue weighted by Crippen LogP contribution is -2.22. The van der Waals surface area contributed by atoms with Crippen LogP contribution in [0.2, 0.25) is 0 Å². The Bertz CT molecular complexity index is 672. The monoisotopic (exact) mass is 324 g/mol. The molecular formula is C20H24N2O2. The van der Waals surface area contributed by atoms with Gasteiger partial charge in [0, 0.05) is 24.9 Å². The molecule has 1 amide bonds. The predicted molar refractivity (Wildman–Crippen MR) is 94.8 cm³/mol. The van der Waals surface area contributed by atoms with Crippen molar-refractivity contribution in [2.75, 3.05) is 6.61 Å². The number of carbonyl (C=O) groups is 1. The van der Waals surface area contributed by atoms with Crippen LogP contribution >= 0.6 is 0 Å². The Balaban J connectivity index is 1.34. The minimum absolute atomic E-state index is 0.0557. The summed E-state index contributed by atoms with van der Waals surface area (Å²) in [4.78, 5) is 11.8. The lowest BCUT2D eigenvalue weighted by Gasteiger charge is -2.08. The number of hydrogen-bond donors (Lipinski definition) is 2. The molecule has 1 saturated carbocycles. The van der Waals surface area contributed by atoms with Crippen LogP contribution in [-0.4, -0.2) is 18.6 Å². The lowest BCUT2D eigenvalue weighted by molar-refractivity contribution is -0.121. The van der Waals surface area contributed by atoms with Crippen LogP contribution in [0.5, 0.6) is 5.75 Å². The molecule has 0 radical (unpaired) electrons. The molecule has 0 saturated heterocycles. The summed E-state index contributed by atoms with van der Waals surface area (Å²) in [7, 11) is 0. The molecule has 2 aromatic carbocycles. The molecule has 4 nitrogen and oxygen atoms in total. The molecule has 0 aromatic heterocycles. The zero-order chi connectivity index (χ0) is 16.8. The number of rotatable bonds is 8. The highest BCUT2D eigenvalue weighted by atomic mass is 16.5. The van der Waals surface area contributed by atoms with Crippen molar-refractivity contribution in [1.82, 2.24) is 5.32 Å². The zero-order valence-corrected chi connectivity index (χ0v) is 13.8. The Hall–Kier alpha value is -2.33. The fourth-order valence-electron chi connectivity index (χ4n) is 2.74. The van der Waals surface area contributed by atoms with Crippen LogP contribution in [-0.2, 0) is 11.3 Å². The molecule has 1 aliphatic rings. The summed E-state index contributed by atoms with van der Waals surface area (Å²) >= 11 is 0. The SMILES string of the molecule is NC1CC1c1cccc(OCCCC(=O)NCc2ccccc2)c1. The van der Waals surface area contributed by atoms with Crippen LogP contribution in [0.15, 0.2) is 54.6 Å². The summed E-state index contributed by atoms with van der Waals surface area (Å²) in [5, 5.41) is 2.93. The van der Waals surface area contributed by atoms with Gasteiger partial charge in [0.05, 0.1) is 6.61 Å². The van der Waals surface area contributed by atoms with E-state index in [0.717, 1.165) is 17.7 Å². The van der Waals surface area contributed by atoms with Gasteiger partial charge in [-0.05, 0) is 36.1 Å². The van der Waals surface area contributed by atoms with Gasteiger partial charge >= 0.3 is 0 Å². The molecule has 2 unspecified atom stereocenters. The third kappa shape index (κ3) is 4.83. The second kappa shape index (κ2) is 7.97. The number of amides is 1. The van der Waals surface area contributed by atoms with Gasteiger partial charge in [-0.15, -0.1) is 0 Å². The predicted octanol–water partition coefficient (Wildman–Crippen LogP) is 2.98. The molecule has 3 rings (SSSR count). The third-order valence-corrected chi connectivity index (χ3v) is 4.28. The fraction of sp³-hybridized carbons (Fsp3) is 0.350. The van der Waals surface area contributed by atoms with Crippen LogP contribution in [0.3, 0.4) is 0 Å². The highest BCUT2D eigenvalue weighted by molar-refractivity contribution is 5.75. The summed E-state index contributed by atoms with van der Waals surface area (Å²) in [5.74, 6) is 1.40. The van der Waals surface area contributed by atoms with E-state index in [4.69, 9.17) is 10.5 Å². The highest BCUT2D eigenvalue weighted by Gasteiger charge is 2.34. The average molecular weight is 324 g/mol. The summed E-state index contributed by atoms with van der Waals surface area (Å²) < 4.78 is 5.75. The Morgan fingerprint density at radius 3 is 2.71 bits per heavy atom. The number of nitrogens with two attached hydrogens (primary N) is 1. The van der Waals surface area contributed by atoms with Crippen molar-refractivity contribution in [3.05, 3.63) is 65.7 Å². The van der Waals surface area contributed by atoms with Crippen molar-refractivity contribution < 1.29 is 9.53 Å². The summed E-state index contributed by atoms with van der Waals surface area (Å²) in [6.07, 6.45) is 2.23. The quantitative estimate of drug-likeness (QED) is 0.734. The first-order chi connectivity index (χ1) is 11.7. The fourth-order valence-corrected chi connectivity index (χ4v) is 2.74. The Morgan fingerprint density at radius 1 is 1.17 bits per heavy atom. The van der Waals surface area contributed by atoms with Gasteiger partial charge in [-0.1, -0.05) is 42.5 Å². The molecule has 24 heavy (non-hydrogen) atoms. The standard InChI is InChI=1S/C20H24N2O2/c21-19-13-18(19)16-8-4-9-17(12-16)24-11-5-10-20(23)22-14-15-6-2-1-3-7-15/h1-4,6-9,12,18-19H,5,10-11,13-14,21H2,(H,22,23). The van der Waals surface area contributed by atoms with Crippen molar-refractivity contribution in [3.8, 4) is 5.75 Å². The molecule has 3 N–H and O–H groups in total. The maximum atomic E-state index is 11.8. The molecule has 0 bridgehead atoms. The smallest absolute Gasteiger partial charge is 0.220 e. The van der Waals surface area contributed by atoms with Gasteiger partial charge in [-0.2, -0.15) is 0 Å². The van der Waals surface area contributed by atoms with E-state index in [-0.39, 0.29) is 5.91 Å². The molecule has 0 spiro atoms. The van der Waals surface area contributed by atoms with Crippen LogP contribution in [0.1, 0.15) is 36.3 Å². The van der Waals surface area contributed by atoms with Crippen molar-refractivity contribution in [2.24, 2.45) is 5.73 Å². The van der Waals surface area contributed by atoms with Gasteiger partial charge in [-0.3, -0.25) is 4.79 Å². The second-order valence-electron chi connectivity index (χ2n) is 6.29. The van der Waals surface area contributed by atoms with E-state index in [1.807, 2.05) is 42.5 Å². The minimum atomic E-state index is 0.0557. The summed E-state index contributed by atoms with van der Waals surface area (Å²) in [5.41, 5.74) is 8.25. The van der Waals surface area contributed by atoms with E-state index < -0.39 is 0 Å². The molecule has 0 heterocycles. The summed E-state index contributed by atoms with van der Waals surface area (Å²) in [6.45, 7) is 1.11. The van der Waals surface area contributed by atoms with E-state index >= 15 is 0 Å². The van der Waals surface area contributed by atoms with Crippen LogP contribution in [0, 0.1) is 0 Å². The Morgan fingerprint density at radius 2 is 1.96 bits per heavy atom. The molecule has 2 aromatic rings. The third-order valence-electron chi connectivity index (χ3n) is 4.28. The maximum Gasteiger partial charge on any atom is 0.220 e. The van der Waals surface area contributed by atoms with E-state index in [1.54, 1.807) is 0 Å². The minimum Gasteiger partial charge on any atom is -0.494 e. The molecule has 1 fully saturated rings. The van der Waals surface area contributed by atoms with Crippen molar-refractivity contribution in [1.29, 1.82) is 0 Å². The molecule has 1 aliphatic carbocycles. The lowest BCUT2D eigenvalue weighted by atomic mass is 10.1. The van der Waals surface area contributed by atoms with Crippen LogP contribution in [0.25, 0.3) is 0 Å². The maximum absolute atomic E-state index is 11.8. The van der Waals surface area contributed by atoms with Gasteiger partial charge in [0.2, 0.25) is 5.91 Å². The van der Waals surface area contributed by atoms with Crippen molar-refractivity contribution >= 4 is 5.91 Å². The first-order valence-electron chi connectivity index (χ1n) is 8.51. The van der Waals surface area contributed by atoms with Crippen LogP contribution in [0.4, 0.5) is 0 Å². The van der Waals surface area contributed by atoms with Gasteiger partial charge in [0.1, 0.15) is 5.75 Å². The Kier molecular flexibility index (Phi) is 5.49. The Labute approximate surface area is 143 Å². The van der Waals surface area contributed by atoms with E-state index in [0.29, 0.717) is 38.0 Å². The number of carbonyl (C=O) groups excluding carboxylic acids is 1. The average Bonchev–Trinajstić information content (AvgIpc) is 3.35. The number of nitrogens with one attached hydrogen (secondary N) is 1.